The van der Waals surface area contributed by atoms with E-state index in [-0.39, 0.29) is 30.1 Å². The van der Waals surface area contributed by atoms with Crippen LogP contribution in [0.1, 0.15) is 73.0 Å². The molecule has 0 bridgehead atoms. The normalized spacial score (nSPS) is 55.1. The quantitative estimate of drug-likeness (QED) is 0.565. The van der Waals surface area contributed by atoms with Crippen LogP contribution in [0.15, 0.2) is 11.6 Å². The van der Waals surface area contributed by atoms with E-state index in [1.807, 2.05) is 6.08 Å². The van der Waals surface area contributed by atoms with Gasteiger partial charge in [-0.3, -0.25) is 0 Å². The van der Waals surface area contributed by atoms with Gasteiger partial charge in [0.25, 0.3) is 0 Å². The lowest BCUT2D eigenvalue weighted by atomic mass is 9.47. The van der Waals surface area contributed by atoms with Gasteiger partial charge in [0, 0.05) is 7.79 Å². The molecule has 7 unspecified atom stereocenters. The van der Waals surface area contributed by atoms with Gasteiger partial charge in [-0.15, -0.1) is 0 Å². The highest BCUT2D eigenvalue weighted by Gasteiger charge is 2.62. The monoisotopic (exact) mass is 343 g/mol. The zero-order valence-corrected chi connectivity index (χ0v) is 14.6. The molecule has 3 fully saturated rings. The van der Waals surface area contributed by atoms with Crippen molar-refractivity contribution in [1.82, 2.24) is 0 Å². The zero-order valence-electron chi connectivity index (χ0n) is 15.6. The van der Waals surface area contributed by atoms with Gasteiger partial charge in [-0.05, 0) is 73.5 Å². The van der Waals surface area contributed by atoms with Gasteiger partial charge in [0.2, 0.25) is 0 Å². The van der Waals surface area contributed by atoms with Crippen LogP contribution in [0, 0.1) is 28.6 Å². The largest absolute Gasteiger partial charge is 0.417 e. The van der Waals surface area contributed by atoms with Crippen molar-refractivity contribution in [1.29, 1.82) is 0 Å². The average molecular weight is 343 g/mol. The minimum atomic E-state index is -4.55. The molecule has 0 spiro atoms. The maximum Gasteiger partial charge on any atom is 0.417 e. The van der Waals surface area contributed by atoms with Crippen molar-refractivity contribution in [3.63, 3.8) is 0 Å². The Morgan fingerprint density at radius 1 is 1.12 bits per heavy atom. The van der Waals surface area contributed by atoms with E-state index in [4.69, 9.17) is 1.37 Å². The van der Waals surface area contributed by atoms with E-state index in [1.165, 1.54) is 0 Å². The van der Waals surface area contributed by atoms with E-state index in [0.29, 0.717) is 24.2 Å². The Morgan fingerprint density at radius 3 is 2.58 bits per heavy atom. The Labute approximate surface area is 144 Å². The van der Waals surface area contributed by atoms with E-state index in [2.05, 4.69) is 13.8 Å². The van der Waals surface area contributed by atoms with Crippen molar-refractivity contribution in [2.75, 3.05) is 0 Å². The Kier molecular flexibility index (Phi) is 3.29. The van der Waals surface area contributed by atoms with Gasteiger partial charge >= 0.3 is 6.18 Å². The molecule has 7 atom stereocenters. The van der Waals surface area contributed by atoms with Crippen molar-refractivity contribution in [2.24, 2.45) is 28.6 Å². The predicted molar refractivity (Wildman–Crippen MR) is 87.3 cm³/mol. The lowest BCUT2D eigenvalue weighted by Crippen LogP contribution is -2.55. The Balaban J connectivity index is 1.65. The summed E-state index contributed by atoms with van der Waals surface area (Å²) in [5.41, 5.74) is -1.67. The van der Waals surface area contributed by atoms with Crippen LogP contribution >= 0.6 is 0 Å². The molecule has 0 aliphatic heterocycles. The van der Waals surface area contributed by atoms with E-state index >= 15 is 0 Å². The number of aliphatic hydroxyl groups is 1. The van der Waals surface area contributed by atoms with Gasteiger partial charge in [0.05, 0.1) is 0 Å². The molecule has 0 heterocycles. The third-order valence-electron chi connectivity index (χ3n) is 8.24. The molecule has 0 aromatic carbocycles. The molecular weight excluding hydrogens is 313 g/mol. The van der Waals surface area contributed by atoms with Crippen LogP contribution in [0.5, 0.6) is 0 Å². The van der Waals surface area contributed by atoms with Gasteiger partial charge in [-0.25, -0.2) is 0 Å². The van der Waals surface area contributed by atoms with Crippen LogP contribution in [0.2, 0.25) is 0 Å². The summed E-state index contributed by atoms with van der Waals surface area (Å²) < 4.78 is 48.2. The molecule has 0 radical (unpaired) electrons. The maximum atomic E-state index is 13.3. The first-order valence-corrected chi connectivity index (χ1v) is 9.39. The summed E-state index contributed by atoms with van der Waals surface area (Å²) in [6.07, 6.45) is 2.39. The third-order valence-corrected chi connectivity index (χ3v) is 8.24. The Morgan fingerprint density at radius 2 is 1.88 bits per heavy atom. The highest BCUT2D eigenvalue weighted by Crippen LogP contribution is 2.66. The number of halogens is 3. The molecule has 4 aliphatic carbocycles. The fourth-order valence-electron chi connectivity index (χ4n) is 6.59. The molecule has 0 aromatic heterocycles. The number of rotatable bonds is 0. The second kappa shape index (κ2) is 5.02. The van der Waals surface area contributed by atoms with Gasteiger partial charge in [-0.1, -0.05) is 31.9 Å². The van der Waals surface area contributed by atoms with Crippen LogP contribution in [0.3, 0.4) is 0 Å². The fraction of sp³-hybridized carbons (Fsp3) is 0.900. The fourth-order valence-corrected chi connectivity index (χ4v) is 6.59. The first kappa shape index (κ1) is 15.7. The molecule has 0 aromatic rings. The number of hydrogen-bond acceptors (Lipinski definition) is 1. The molecular formula is C20H29F3O. The smallest absolute Gasteiger partial charge is 0.380 e. The number of fused-ring (bicyclic) bond motifs is 5. The summed E-state index contributed by atoms with van der Waals surface area (Å²) in [6.45, 7) is 4.47. The third kappa shape index (κ3) is 2.17. The average Bonchev–Trinajstić information content (AvgIpc) is 2.81. The molecule has 136 valence electrons. The Bertz CT molecular complexity index is 602. The summed E-state index contributed by atoms with van der Waals surface area (Å²) in [5, 5.41) is 10.2. The van der Waals surface area contributed by atoms with Crippen molar-refractivity contribution < 1.29 is 19.6 Å². The van der Waals surface area contributed by atoms with Crippen LogP contribution in [-0.4, -0.2) is 16.9 Å². The summed E-state index contributed by atoms with van der Waals surface area (Å²) in [6, 6.07) is 0. The maximum absolute atomic E-state index is 13.3. The van der Waals surface area contributed by atoms with Gasteiger partial charge < -0.3 is 5.11 Å². The van der Waals surface area contributed by atoms with Crippen molar-refractivity contribution in [3.05, 3.63) is 11.6 Å². The highest BCUT2D eigenvalue weighted by molar-refractivity contribution is 5.27. The van der Waals surface area contributed by atoms with Gasteiger partial charge in [0.1, 0.15) is 0 Å². The number of allylic oxidation sites excluding steroid dienone is 1. The lowest BCUT2D eigenvalue weighted by Gasteiger charge is -2.58. The minimum Gasteiger partial charge on any atom is -0.380 e. The van der Waals surface area contributed by atoms with Gasteiger partial charge in [-0.2, -0.15) is 13.2 Å². The molecule has 4 heteroatoms. The number of hydrogen-bond donors (Lipinski definition) is 1. The molecule has 0 saturated heterocycles. The second-order valence-electron chi connectivity index (χ2n) is 9.39. The van der Waals surface area contributed by atoms with Gasteiger partial charge in [0.15, 0.2) is 5.60 Å². The summed E-state index contributed by atoms with van der Waals surface area (Å²) in [7, 11) is 0. The standard InChI is InChI=1S/C20H29F3O/c1-17-8-3-4-15(17)14-6-5-13-12-19(24,20(21,22)23)11-10-18(13,2)16(14)7-9-17/h5,14-16,24H,3-4,6-12H2,1-2H3/i3D. The summed E-state index contributed by atoms with van der Waals surface area (Å²) in [5.74, 6) is 1.44. The highest BCUT2D eigenvalue weighted by atomic mass is 19.4. The number of alkyl halides is 3. The molecule has 1 N–H and O–H groups in total. The topological polar surface area (TPSA) is 20.2 Å². The molecule has 24 heavy (non-hydrogen) atoms. The SMILES string of the molecule is [2H]C1CC2C3CC=C4CC(O)(C(F)(F)F)CCC4(C)C3CCC2(C)C1. The lowest BCUT2D eigenvalue weighted by molar-refractivity contribution is -0.271. The predicted octanol–water partition coefficient (Wildman–Crippen LogP) is 5.63. The molecule has 0 amide bonds. The molecule has 4 aliphatic rings. The summed E-state index contributed by atoms with van der Waals surface area (Å²) in [4.78, 5) is 0. The van der Waals surface area contributed by atoms with E-state index in [0.717, 1.165) is 37.7 Å². The van der Waals surface area contributed by atoms with Crippen molar-refractivity contribution in [2.45, 2.75) is 83.4 Å². The van der Waals surface area contributed by atoms with E-state index in [9.17, 15) is 18.3 Å². The zero-order chi connectivity index (χ0) is 18.3. The minimum absolute atomic E-state index is 0.0219. The van der Waals surface area contributed by atoms with Crippen LogP contribution in [-0.2, 0) is 0 Å². The van der Waals surface area contributed by atoms with Crippen LogP contribution in [0.25, 0.3) is 0 Å². The second-order valence-corrected chi connectivity index (χ2v) is 9.39. The van der Waals surface area contributed by atoms with E-state index in [1.54, 1.807) is 0 Å². The van der Waals surface area contributed by atoms with Crippen molar-refractivity contribution >= 4 is 0 Å². The first-order valence-electron chi connectivity index (χ1n) is 9.97. The van der Waals surface area contributed by atoms with E-state index < -0.39 is 11.8 Å². The molecule has 4 rings (SSSR count). The first-order chi connectivity index (χ1) is 11.5. The molecule has 3 saturated carbocycles. The van der Waals surface area contributed by atoms with Crippen molar-refractivity contribution in [3.8, 4) is 0 Å². The van der Waals surface area contributed by atoms with Crippen LogP contribution < -0.4 is 0 Å². The van der Waals surface area contributed by atoms with Crippen LogP contribution in [0.4, 0.5) is 13.2 Å². The Hall–Kier alpha value is -0.510. The molecule has 1 nitrogen and oxygen atoms in total. The summed E-state index contributed by atoms with van der Waals surface area (Å²) >= 11 is 0.